The van der Waals surface area contributed by atoms with Gasteiger partial charge in [-0.25, -0.2) is 0 Å². The molecule has 0 saturated heterocycles. The van der Waals surface area contributed by atoms with Gasteiger partial charge < -0.3 is 10.0 Å². The minimum atomic E-state index is -1.12. The van der Waals surface area contributed by atoms with Crippen LogP contribution in [-0.4, -0.2) is 39.9 Å². The van der Waals surface area contributed by atoms with Crippen molar-refractivity contribution in [3.8, 4) is 0 Å². The van der Waals surface area contributed by atoms with Crippen LogP contribution in [-0.2, 0) is 4.79 Å². The van der Waals surface area contributed by atoms with E-state index >= 15 is 0 Å². The SMILES string of the molecule is CC(C)CN(CC(=O)O)C(=O)c1ccc(C(C)C)c([N+](=O)[O-])c1. The topological polar surface area (TPSA) is 101 Å². The quantitative estimate of drug-likeness (QED) is 0.614. The van der Waals surface area contributed by atoms with Gasteiger partial charge in [0.2, 0.25) is 0 Å². The molecule has 0 aliphatic heterocycles. The van der Waals surface area contributed by atoms with Crippen LogP contribution in [0, 0.1) is 16.0 Å². The first-order valence-electron chi connectivity index (χ1n) is 7.42. The van der Waals surface area contributed by atoms with E-state index in [-0.39, 0.29) is 29.6 Å². The van der Waals surface area contributed by atoms with Crippen molar-refractivity contribution in [1.29, 1.82) is 0 Å². The normalized spacial score (nSPS) is 10.9. The monoisotopic (exact) mass is 322 g/mol. The van der Waals surface area contributed by atoms with E-state index in [1.54, 1.807) is 6.07 Å². The van der Waals surface area contributed by atoms with Gasteiger partial charge in [-0.15, -0.1) is 0 Å². The lowest BCUT2D eigenvalue weighted by Crippen LogP contribution is -2.38. The summed E-state index contributed by atoms with van der Waals surface area (Å²) in [5.74, 6) is -1.60. The highest BCUT2D eigenvalue weighted by Crippen LogP contribution is 2.27. The molecule has 1 aromatic carbocycles. The number of benzene rings is 1. The number of carbonyl (C=O) groups excluding carboxylic acids is 1. The zero-order valence-electron chi connectivity index (χ0n) is 13.8. The highest BCUT2D eigenvalue weighted by Gasteiger charge is 2.24. The highest BCUT2D eigenvalue weighted by atomic mass is 16.6. The molecule has 0 fully saturated rings. The van der Waals surface area contributed by atoms with Crippen molar-refractivity contribution in [2.24, 2.45) is 5.92 Å². The van der Waals surface area contributed by atoms with Crippen LogP contribution in [0.1, 0.15) is 49.5 Å². The Hall–Kier alpha value is -2.44. The van der Waals surface area contributed by atoms with Crippen molar-refractivity contribution in [1.82, 2.24) is 4.90 Å². The Bertz CT molecular complexity index is 610. The summed E-state index contributed by atoms with van der Waals surface area (Å²) in [6.07, 6.45) is 0. The van der Waals surface area contributed by atoms with Gasteiger partial charge in [0.1, 0.15) is 6.54 Å². The second-order valence-electron chi connectivity index (χ2n) is 6.16. The van der Waals surface area contributed by atoms with Crippen LogP contribution >= 0.6 is 0 Å². The lowest BCUT2D eigenvalue weighted by atomic mass is 9.99. The van der Waals surface area contributed by atoms with E-state index in [9.17, 15) is 19.7 Å². The smallest absolute Gasteiger partial charge is 0.323 e. The van der Waals surface area contributed by atoms with Crippen LogP contribution in [0.15, 0.2) is 18.2 Å². The van der Waals surface area contributed by atoms with E-state index in [1.807, 2.05) is 27.7 Å². The summed E-state index contributed by atoms with van der Waals surface area (Å²) < 4.78 is 0. The number of carboxylic acids is 1. The Labute approximate surface area is 135 Å². The fourth-order valence-electron chi connectivity index (χ4n) is 2.33. The Morgan fingerprint density at radius 1 is 1.26 bits per heavy atom. The molecule has 1 aromatic rings. The third kappa shape index (κ3) is 5.05. The second-order valence-corrected chi connectivity index (χ2v) is 6.16. The number of nitro benzene ring substituents is 1. The second kappa shape index (κ2) is 7.71. The van der Waals surface area contributed by atoms with Gasteiger partial charge in [0.15, 0.2) is 0 Å². The molecule has 0 saturated carbocycles. The van der Waals surface area contributed by atoms with Crippen LogP contribution < -0.4 is 0 Å². The van der Waals surface area contributed by atoms with Gasteiger partial charge in [-0.1, -0.05) is 33.8 Å². The zero-order valence-corrected chi connectivity index (χ0v) is 13.8. The Kier molecular flexibility index (Phi) is 6.24. The van der Waals surface area contributed by atoms with Crippen molar-refractivity contribution in [2.45, 2.75) is 33.6 Å². The third-order valence-electron chi connectivity index (χ3n) is 3.29. The molecule has 1 amide bonds. The van der Waals surface area contributed by atoms with Crippen LogP contribution in [0.2, 0.25) is 0 Å². The summed E-state index contributed by atoms with van der Waals surface area (Å²) in [6, 6.07) is 4.30. The number of rotatable bonds is 7. The van der Waals surface area contributed by atoms with Gasteiger partial charge in [-0.3, -0.25) is 19.7 Å². The molecule has 0 aromatic heterocycles. The van der Waals surface area contributed by atoms with E-state index in [2.05, 4.69) is 0 Å². The molecule has 7 nitrogen and oxygen atoms in total. The highest BCUT2D eigenvalue weighted by molar-refractivity contribution is 5.96. The maximum atomic E-state index is 12.5. The van der Waals surface area contributed by atoms with Crippen molar-refractivity contribution < 1.29 is 19.6 Å². The molecule has 1 rings (SSSR count). The van der Waals surface area contributed by atoms with Crippen LogP contribution in [0.3, 0.4) is 0 Å². The van der Waals surface area contributed by atoms with Gasteiger partial charge in [0, 0.05) is 23.7 Å². The Morgan fingerprint density at radius 2 is 1.87 bits per heavy atom. The molecule has 0 aliphatic rings. The number of amides is 1. The Balaban J connectivity index is 3.21. The number of aliphatic carboxylic acids is 1. The van der Waals surface area contributed by atoms with Crippen molar-refractivity contribution >= 4 is 17.6 Å². The van der Waals surface area contributed by atoms with E-state index in [1.165, 1.54) is 17.0 Å². The fraction of sp³-hybridized carbons (Fsp3) is 0.500. The predicted molar refractivity (Wildman–Crippen MR) is 85.6 cm³/mol. The van der Waals surface area contributed by atoms with Crippen LogP contribution in [0.4, 0.5) is 5.69 Å². The van der Waals surface area contributed by atoms with E-state index in [4.69, 9.17) is 5.11 Å². The zero-order chi connectivity index (χ0) is 17.7. The fourth-order valence-corrected chi connectivity index (χ4v) is 2.33. The molecule has 7 heteroatoms. The molecule has 0 unspecified atom stereocenters. The van der Waals surface area contributed by atoms with E-state index < -0.39 is 23.3 Å². The van der Waals surface area contributed by atoms with Gasteiger partial charge in [0.05, 0.1) is 4.92 Å². The lowest BCUT2D eigenvalue weighted by molar-refractivity contribution is -0.385. The van der Waals surface area contributed by atoms with Crippen molar-refractivity contribution in [2.75, 3.05) is 13.1 Å². The average molecular weight is 322 g/mol. The molecule has 0 bridgehead atoms. The largest absolute Gasteiger partial charge is 0.480 e. The summed E-state index contributed by atoms with van der Waals surface area (Å²) in [5, 5.41) is 20.2. The van der Waals surface area contributed by atoms with Gasteiger partial charge in [0.25, 0.3) is 11.6 Å². The summed E-state index contributed by atoms with van der Waals surface area (Å²) in [7, 11) is 0. The first-order chi connectivity index (χ1) is 10.6. The molecule has 23 heavy (non-hydrogen) atoms. The number of carbonyl (C=O) groups is 2. The maximum absolute atomic E-state index is 12.5. The molecule has 1 N–H and O–H groups in total. The van der Waals surface area contributed by atoms with Crippen LogP contribution in [0.5, 0.6) is 0 Å². The summed E-state index contributed by atoms with van der Waals surface area (Å²) in [5.41, 5.74) is 0.550. The van der Waals surface area contributed by atoms with E-state index in [0.29, 0.717) is 5.56 Å². The summed E-state index contributed by atoms with van der Waals surface area (Å²) in [4.78, 5) is 35.3. The number of nitrogens with zero attached hydrogens (tertiary/aromatic N) is 2. The Morgan fingerprint density at radius 3 is 2.30 bits per heavy atom. The molecule has 0 atom stereocenters. The van der Waals surface area contributed by atoms with Gasteiger partial charge in [-0.05, 0) is 17.9 Å². The summed E-state index contributed by atoms with van der Waals surface area (Å²) in [6.45, 7) is 7.24. The number of hydrogen-bond acceptors (Lipinski definition) is 4. The van der Waals surface area contributed by atoms with Crippen LogP contribution in [0.25, 0.3) is 0 Å². The molecular weight excluding hydrogens is 300 g/mol. The predicted octanol–water partition coefficient (Wildman–Crippen LogP) is 2.90. The first kappa shape index (κ1) is 18.6. The number of carboxylic acid groups (broad SMARTS) is 1. The standard InChI is InChI=1S/C16H22N2O5/c1-10(2)8-17(9-15(19)20)16(21)12-5-6-13(11(3)4)14(7-12)18(22)23/h5-7,10-11H,8-9H2,1-4H3,(H,19,20). The minimum Gasteiger partial charge on any atom is -0.480 e. The van der Waals surface area contributed by atoms with E-state index in [0.717, 1.165) is 0 Å². The number of nitro groups is 1. The molecular formula is C16H22N2O5. The average Bonchev–Trinajstić information content (AvgIpc) is 2.43. The third-order valence-corrected chi connectivity index (χ3v) is 3.29. The van der Waals surface area contributed by atoms with Crippen molar-refractivity contribution in [3.63, 3.8) is 0 Å². The lowest BCUT2D eigenvalue weighted by Gasteiger charge is -2.23. The van der Waals surface area contributed by atoms with Gasteiger partial charge >= 0.3 is 5.97 Å². The number of hydrogen-bond donors (Lipinski definition) is 1. The van der Waals surface area contributed by atoms with Gasteiger partial charge in [-0.2, -0.15) is 0 Å². The van der Waals surface area contributed by atoms with Crippen molar-refractivity contribution in [3.05, 3.63) is 39.4 Å². The first-order valence-corrected chi connectivity index (χ1v) is 7.42. The molecule has 0 heterocycles. The summed E-state index contributed by atoms with van der Waals surface area (Å²) >= 11 is 0. The maximum Gasteiger partial charge on any atom is 0.323 e. The molecule has 0 aliphatic carbocycles. The molecule has 0 spiro atoms. The molecule has 0 radical (unpaired) electrons. The minimum absolute atomic E-state index is 0.0506. The molecule has 126 valence electrons.